The first kappa shape index (κ1) is 17.9. The zero-order valence-electron chi connectivity index (χ0n) is 14.9. The van der Waals surface area contributed by atoms with Crippen LogP contribution in [0.5, 0.6) is 5.75 Å². The quantitative estimate of drug-likeness (QED) is 0.698. The van der Waals surface area contributed by atoms with Crippen LogP contribution in [0, 0.1) is 6.92 Å². The van der Waals surface area contributed by atoms with Gasteiger partial charge >= 0.3 is 0 Å². The number of hydrogen-bond donors (Lipinski definition) is 1. The second-order valence-electron chi connectivity index (χ2n) is 6.22. The lowest BCUT2D eigenvalue weighted by atomic mass is 10.0. The van der Waals surface area contributed by atoms with Gasteiger partial charge in [-0.05, 0) is 36.8 Å². The lowest BCUT2D eigenvalue weighted by Gasteiger charge is -2.16. The molecule has 1 unspecified atom stereocenters. The van der Waals surface area contributed by atoms with Crippen molar-refractivity contribution >= 4 is 35.1 Å². The summed E-state index contributed by atoms with van der Waals surface area (Å²) < 4.78 is 6.99. The number of nitrogens with one attached hydrogen (secondary N) is 1. The van der Waals surface area contributed by atoms with Crippen molar-refractivity contribution in [2.75, 3.05) is 18.2 Å². The van der Waals surface area contributed by atoms with Gasteiger partial charge in [0.15, 0.2) is 0 Å². The molecule has 0 spiro atoms. The summed E-state index contributed by atoms with van der Waals surface area (Å²) in [6.45, 7) is 1.96. The van der Waals surface area contributed by atoms with Crippen LogP contribution in [-0.2, 0) is 4.79 Å². The molecule has 0 aliphatic carbocycles. The molecule has 0 saturated heterocycles. The van der Waals surface area contributed by atoms with Crippen molar-refractivity contribution in [3.05, 3.63) is 70.4 Å². The van der Waals surface area contributed by atoms with Crippen molar-refractivity contribution in [3.8, 4) is 11.4 Å². The molecule has 3 aromatic rings. The third-order valence-corrected chi connectivity index (χ3v) is 6.10. The summed E-state index contributed by atoms with van der Waals surface area (Å²) in [4.78, 5) is 12.4. The third kappa shape index (κ3) is 3.31. The second-order valence-corrected chi connectivity index (χ2v) is 7.72. The Morgan fingerprint density at radius 1 is 1.22 bits per heavy atom. The number of methoxy groups -OCH3 is 1. The Balaban J connectivity index is 1.87. The van der Waals surface area contributed by atoms with E-state index in [0.29, 0.717) is 16.6 Å². The highest BCUT2D eigenvalue weighted by molar-refractivity contribution is 8.00. The number of aryl methyl sites for hydroxylation is 1. The van der Waals surface area contributed by atoms with Crippen LogP contribution in [0.15, 0.2) is 48.5 Å². The van der Waals surface area contributed by atoms with Crippen LogP contribution in [0.1, 0.15) is 22.1 Å². The predicted molar refractivity (Wildman–Crippen MR) is 109 cm³/mol. The molecule has 0 saturated carbocycles. The van der Waals surface area contributed by atoms with Crippen molar-refractivity contribution in [2.24, 2.45) is 0 Å². The van der Waals surface area contributed by atoms with Crippen LogP contribution in [0.2, 0.25) is 5.02 Å². The summed E-state index contributed by atoms with van der Waals surface area (Å²) >= 11 is 7.97. The maximum atomic E-state index is 12.4. The number of para-hydroxylation sites is 1. The number of anilines is 1. The van der Waals surface area contributed by atoms with Crippen LogP contribution < -0.4 is 10.1 Å². The molecule has 1 amide bonds. The average molecular weight is 400 g/mol. The predicted octanol–water partition coefficient (Wildman–Crippen LogP) is 4.62. The first-order valence-electron chi connectivity index (χ1n) is 8.48. The lowest BCUT2D eigenvalue weighted by Crippen LogP contribution is -2.16. The Kier molecular flexibility index (Phi) is 4.85. The van der Waals surface area contributed by atoms with E-state index < -0.39 is 0 Å². The van der Waals surface area contributed by atoms with Gasteiger partial charge in [0.2, 0.25) is 5.91 Å². The minimum Gasteiger partial charge on any atom is -0.497 e. The third-order valence-electron chi connectivity index (χ3n) is 4.51. The van der Waals surface area contributed by atoms with E-state index in [1.807, 2.05) is 55.5 Å². The van der Waals surface area contributed by atoms with Crippen LogP contribution in [-0.4, -0.2) is 28.6 Å². The molecule has 2 aromatic carbocycles. The summed E-state index contributed by atoms with van der Waals surface area (Å²) in [5.41, 5.74) is 3.70. The minimum absolute atomic E-state index is 0.0129. The number of nitrogens with zero attached hydrogens (tertiary/aromatic N) is 2. The SMILES string of the molecule is COc1ccc(C2SCC(=O)Nc3c2c(C)nn3-c2ccccc2Cl)cc1. The molecule has 1 atom stereocenters. The highest BCUT2D eigenvalue weighted by atomic mass is 35.5. The summed E-state index contributed by atoms with van der Waals surface area (Å²) in [6, 6.07) is 15.4. The lowest BCUT2D eigenvalue weighted by molar-refractivity contribution is -0.113. The smallest absolute Gasteiger partial charge is 0.235 e. The zero-order valence-corrected chi connectivity index (χ0v) is 16.5. The fourth-order valence-electron chi connectivity index (χ4n) is 3.22. The van der Waals surface area contributed by atoms with Crippen molar-refractivity contribution in [3.63, 3.8) is 0 Å². The molecule has 4 rings (SSSR count). The molecule has 1 N–H and O–H groups in total. The Hall–Kier alpha value is -2.44. The minimum atomic E-state index is -0.0505. The molecule has 5 nitrogen and oxygen atoms in total. The molecule has 1 aliphatic heterocycles. The molecule has 0 bridgehead atoms. The van der Waals surface area contributed by atoms with Gasteiger partial charge in [-0.2, -0.15) is 5.10 Å². The van der Waals surface area contributed by atoms with E-state index in [-0.39, 0.29) is 11.2 Å². The fraction of sp³-hybridized carbons (Fsp3) is 0.200. The van der Waals surface area contributed by atoms with Gasteiger partial charge in [0.05, 0.1) is 34.5 Å². The van der Waals surface area contributed by atoms with E-state index in [9.17, 15) is 4.79 Å². The first-order valence-corrected chi connectivity index (χ1v) is 9.91. The largest absolute Gasteiger partial charge is 0.497 e. The number of hydrogen-bond acceptors (Lipinski definition) is 4. The van der Waals surface area contributed by atoms with E-state index in [1.54, 1.807) is 23.6 Å². The van der Waals surface area contributed by atoms with Crippen molar-refractivity contribution in [1.82, 2.24) is 9.78 Å². The highest BCUT2D eigenvalue weighted by Gasteiger charge is 2.30. The number of aromatic nitrogens is 2. The van der Waals surface area contributed by atoms with Gasteiger partial charge in [-0.3, -0.25) is 4.79 Å². The molecule has 138 valence electrons. The molecular formula is C20H18ClN3O2S. The van der Waals surface area contributed by atoms with E-state index >= 15 is 0 Å². The molecule has 0 radical (unpaired) electrons. The Morgan fingerprint density at radius 2 is 1.96 bits per heavy atom. The molecule has 27 heavy (non-hydrogen) atoms. The van der Waals surface area contributed by atoms with Crippen molar-refractivity contribution < 1.29 is 9.53 Å². The highest BCUT2D eigenvalue weighted by Crippen LogP contribution is 2.44. The number of ether oxygens (including phenoxy) is 1. The first-order chi connectivity index (χ1) is 13.1. The average Bonchev–Trinajstić information content (AvgIpc) is 2.88. The molecule has 1 aliphatic rings. The van der Waals surface area contributed by atoms with Crippen molar-refractivity contribution in [2.45, 2.75) is 12.2 Å². The van der Waals surface area contributed by atoms with E-state index in [4.69, 9.17) is 16.3 Å². The van der Waals surface area contributed by atoms with Gasteiger partial charge in [0.1, 0.15) is 11.6 Å². The number of thioether (sulfide) groups is 1. The Labute approximate surface area is 166 Å². The topological polar surface area (TPSA) is 56.1 Å². The van der Waals surface area contributed by atoms with Crippen LogP contribution >= 0.6 is 23.4 Å². The number of rotatable bonds is 3. The summed E-state index contributed by atoms with van der Waals surface area (Å²) in [6.07, 6.45) is 0. The van der Waals surface area contributed by atoms with Crippen molar-refractivity contribution in [1.29, 1.82) is 0 Å². The number of halogens is 1. The van der Waals surface area contributed by atoms with Gasteiger partial charge in [-0.1, -0.05) is 35.9 Å². The van der Waals surface area contributed by atoms with Crippen LogP contribution in [0.4, 0.5) is 5.82 Å². The number of amides is 1. The van der Waals surface area contributed by atoms with Gasteiger partial charge < -0.3 is 10.1 Å². The Bertz CT molecular complexity index is 1000. The standard InChI is InChI=1S/C20H18ClN3O2S/c1-12-18-19(13-7-9-14(26-2)10-8-13)27-11-17(25)22-20(18)24(23-12)16-6-4-3-5-15(16)21/h3-10,19H,11H2,1-2H3,(H,22,25). The van der Waals surface area contributed by atoms with Gasteiger partial charge in [-0.25, -0.2) is 4.68 Å². The number of carbonyl (C=O) groups is 1. The van der Waals surface area contributed by atoms with Gasteiger partial charge in [-0.15, -0.1) is 11.8 Å². The fourth-order valence-corrected chi connectivity index (χ4v) is 4.63. The molecule has 1 aromatic heterocycles. The summed E-state index contributed by atoms with van der Waals surface area (Å²) in [7, 11) is 1.65. The number of carbonyl (C=O) groups excluding carboxylic acids is 1. The maximum absolute atomic E-state index is 12.4. The number of fused-ring (bicyclic) bond motifs is 1. The van der Waals surface area contributed by atoms with Crippen LogP contribution in [0.3, 0.4) is 0 Å². The van der Waals surface area contributed by atoms with E-state index in [0.717, 1.165) is 28.3 Å². The molecular weight excluding hydrogens is 382 g/mol. The van der Waals surface area contributed by atoms with E-state index in [2.05, 4.69) is 10.4 Å². The zero-order chi connectivity index (χ0) is 19.0. The monoisotopic (exact) mass is 399 g/mol. The summed E-state index contributed by atoms with van der Waals surface area (Å²) in [5.74, 6) is 1.80. The molecule has 7 heteroatoms. The maximum Gasteiger partial charge on any atom is 0.235 e. The molecule has 0 fully saturated rings. The Morgan fingerprint density at radius 3 is 2.67 bits per heavy atom. The van der Waals surface area contributed by atoms with Gasteiger partial charge in [0, 0.05) is 5.56 Å². The normalized spacial score (nSPS) is 16.4. The summed E-state index contributed by atoms with van der Waals surface area (Å²) in [5, 5.41) is 8.27. The van der Waals surface area contributed by atoms with Crippen LogP contribution in [0.25, 0.3) is 5.69 Å². The molecule has 2 heterocycles. The van der Waals surface area contributed by atoms with E-state index in [1.165, 1.54) is 0 Å². The second kappa shape index (κ2) is 7.29. The number of benzene rings is 2. The van der Waals surface area contributed by atoms with Gasteiger partial charge in [0.25, 0.3) is 0 Å².